The molecular weight excluding hydrogens is 442 g/mol. The molecule has 1 saturated carbocycles. The number of carbonyl (C=O) groups is 2. The Bertz CT molecular complexity index is 1340. The van der Waals surface area contributed by atoms with E-state index < -0.39 is 11.4 Å². The third-order valence-corrected chi connectivity index (χ3v) is 7.72. The first kappa shape index (κ1) is 21.7. The summed E-state index contributed by atoms with van der Waals surface area (Å²) in [6, 6.07) is 3.89. The normalized spacial score (nSPS) is 17.6. The van der Waals surface area contributed by atoms with E-state index in [9.17, 15) is 19.5 Å². The van der Waals surface area contributed by atoms with E-state index in [1.807, 2.05) is 6.07 Å². The fraction of sp³-hybridized carbons (Fsp3) is 0.375. The molecule has 1 amide bonds. The highest BCUT2D eigenvalue weighted by Gasteiger charge is 2.33. The molecule has 2 aliphatic carbocycles. The Morgan fingerprint density at radius 2 is 2.06 bits per heavy atom. The van der Waals surface area contributed by atoms with Crippen molar-refractivity contribution < 1.29 is 19.4 Å². The number of thiophene rings is 1. The van der Waals surface area contributed by atoms with Gasteiger partial charge < -0.3 is 25.9 Å². The molecule has 0 spiro atoms. The third kappa shape index (κ3) is 3.71. The fourth-order valence-electron chi connectivity index (χ4n) is 4.77. The number of aromatic nitrogens is 1. The number of benzene rings is 1. The van der Waals surface area contributed by atoms with E-state index in [2.05, 4.69) is 16.4 Å². The summed E-state index contributed by atoms with van der Waals surface area (Å²) in [5.41, 5.74) is 8.25. The summed E-state index contributed by atoms with van der Waals surface area (Å²) in [5, 5.41) is 12.7. The molecular formula is C24H25N3O5S. The van der Waals surface area contributed by atoms with Crippen LogP contribution in [0.2, 0.25) is 0 Å². The summed E-state index contributed by atoms with van der Waals surface area (Å²) in [6.45, 7) is -0.0428. The SMILES string of the molecule is COc1c(-c2cc3c(s2)CCCC3NC(=O)CN)c(C2CC2)cc2c(=O)c(C(=O)O)c[nH]c12. The van der Waals surface area contributed by atoms with E-state index in [0.717, 1.165) is 53.7 Å². The molecule has 1 atom stereocenters. The number of carbonyl (C=O) groups excluding carboxylic acids is 1. The number of hydrogen-bond acceptors (Lipinski definition) is 6. The predicted octanol–water partition coefficient (Wildman–Crippen LogP) is 3.29. The molecule has 0 aliphatic heterocycles. The number of nitrogens with two attached hydrogens (primary N) is 1. The number of amides is 1. The van der Waals surface area contributed by atoms with E-state index in [1.165, 1.54) is 11.1 Å². The Hall–Kier alpha value is -3.17. The average molecular weight is 468 g/mol. The Morgan fingerprint density at radius 1 is 1.27 bits per heavy atom. The summed E-state index contributed by atoms with van der Waals surface area (Å²) < 4.78 is 5.83. The lowest BCUT2D eigenvalue weighted by Crippen LogP contribution is -2.34. The number of rotatable bonds is 6. The van der Waals surface area contributed by atoms with Crippen LogP contribution in [0.4, 0.5) is 0 Å². The number of H-pyrrole nitrogens is 1. The maximum absolute atomic E-state index is 12.9. The lowest BCUT2D eigenvalue weighted by molar-refractivity contribution is -0.120. The third-order valence-electron chi connectivity index (χ3n) is 6.49. The molecule has 1 fully saturated rings. The van der Waals surface area contributed by atoms with Crippen LogP contribution < -0.4 is 21.2 Å². The number of aryl methyl sites for hydroxylation is 1. The highest BCUT2D eigenvalue weighted by molar-refractivity contribution is 7.15. The summed E-state index contributed by atoms with van der Waals surface area (Å²) in [6.07, 6.45) is 6.05. The van der Waals surface area contributed by atoms with E-state index >= 15 is 0 Å². The van der Waals surface area contributed by atoms with Crippen molar-refractivity contribution in [1.29, 1.82) is 0 Å². The Labute approximate surface area is 193 Å². The topological polar surface area (TPSA) is 135 Å². The number of nitrogens with one attached hydrogen (secondary N) is 2. The molecule has 1 unspecified atom stereocenters. The maximum atomic E-state index is 12.9. The fourth-order valence-corrected chi connectivity index (χ4v) is 6.10. The number of aromatic amines is 1. The van der Waals surface area contributed by atoms with Gasteiger partial charge in [0.25, 0.3) is 0 Å². The Morgan fingerprint density at radius 3 is 2.73 bits per heavy atom. The van der Waals surface area contributed by atoms with E-state index in [4.69, 9.17) is 10.5 Å². The van der Waals surface area contributed by atoms with Crippen LogP contribution >= 0.6 is 11.3 Å². The quantitative estimate of drug-likeness (QED) is 0.439. The van der Waals surface area contributed by atoms with Crippen molar-refractivity contribution in [2.24, 2.45) is 5.73 Å². The van der Waals surface area contributed by atoms with E-state index in [1.54, 1.807) is 18.4 Å². The molecule has 1 aromatic carbocycles. The second-order valence-corrected chi connectivity index (χ2v) is 9.75. The van der Waals surface area contributed by atoms with Crippen molar-refractivity contribution in [1.82, 2.24) is 10.3 Å². The lowest BCUT2D eigenvalue weighted by Gasteiger charge is -2.23. The number of hydrogen-bond donors (Lipinski definition) is 4. The molecule has 2 aliphatic rings. The standard InChI is InChI=1S/C24H25N3O5S/c1-32-23-20(18-8-13-16(27-19(28)9-25)3-2-4-17(13)33-18)12(11-5-6-11)7-14-21(23)26-10-15(22(14)29)24(30)31/h7-8,10-11,16H,2-6,9,25H2,1H3,(H,26,29)(H,27,28)(H,30,31). The van der Waals surface area contributed by atoms with Crippen LogP contribution in [-0.2, 0) is 11.2 Å². The van der Waals surface area contributed by atoms with Gasteiger partial charge >= 0.3 is 5.97 Å². The van der Waals surface area contributed by atoms with Crippen LogP contribution in [0.15, 0.2) is 23.1 Å². The van der Waals surface area contributed by atoms with Gasteiger partial charge in [-0.05, 0) is 61.3 Å². The minimum absolute atomic E-state index is 0.0428. The minimum Gasteiger partial charge on any atom is -0.494 e. The van der Waals surface area contributed by atoms with Crippen molar-refractivity contribution in [3.8, 4) is 16.2 Å². The molecule has 3 aromatic rings. The first-order chi connectivity index (χ1) is 15.9. The molecule has 172 valence electrons. The molecule has 33 heavy (non-hydrogen) atoms. The van der Waals surface area contributed by atoms with Crippen molar-refractivity contribution in [3.05, 3.63) is 50.1 Å². The van der Waals surface area contributed by atoms with E-state index in [0.29, 0.717) is 22.6 Å². The zero-order chi connectivity index (χ0) is 23.3. The molecule has 2 heterocycles. The van der Waals surface area contributed by atoms with Gasteiger partial charge in [0.1, 0.15) is 5.56 Å². The van der Waals surface area contributed by atoms with Crippen molar-refractivity contribution in [2.75, 3.05) is 13.7 Å². The summed E-state index contributed by atoms with van der Waals surface area (Å²) in [4.78, 5) is 41.6. The summed E-state index contributed by atoms with van der Waals surface area (Å²) in [7, 11) is 1.57. The number of aromatic carboxylic acids is 1. The van der Waals surface area contributed by atoms with Gasteiger partial charge in [0.2, 0.25) is 11.3 Å². The predicted molar refractivity (Wildman–Crippen MR) is 126 cm³/mol. The van der Waals surface area contributed by atoms with Gasteiger partial charge in [-0.25, -0.2) is 4.79 Å². The van der Waals surface area contributed by atoms with Crippen molar-refractivity contribution in [3.63, 3.8) is 0 Å². The molecule has 0 radical (unpaired) electrons. The van der Waals surface area contributed by atoms with Crippen molar-refractivity contribution >= 4 is 34.1 Å². The zero-order valence-electron chi connectivity index (χ0n) is 18.2. The minimum atomic E-state index is -1.26. The maximum Gasteiger partial charge on any atom is 0.341 e. The van der Waals surface area contributed by atoms with Gasteiger partial charge in [0, 0.05) is 21.5 Å². The van der Waals surface area contributed by atoms with Crippen LogP contribution in [0.25, 0.3) is 21.3 Å². The molecule has 5 N–H and O–H groups in total. The van der Waals surface area contributed by atoms with Gasteiger partial charge in [-0.15, -0.1) is 11.3 Å². The number of ether oxygens (including phenoxy) is 1. The largest absolute Gasteiger partial charge is 0.494 e. The molecule has 8 nitrogen and oxygen atoms in total. The highest BCUT2D eigenvalue weighted by Crippen LogP contribution is 2.52. The molecule has 2 aromatic heterocycles. The smallest absolute Gasteiger partial charge is 0.341 e. The number of fused-ring (bicyclic) bond motifs is 2. The molecule has 0 saturated heterocycles. The van der Waals surface area contributed by atoms with Gasteiger partial charge in [-0.1, -0.05) is 0 Å². The Balaban J connectivity index is 1.71. The Kier molecular flexibility index (Phi) is 5.46. The van der Waals surface area contributed by atoms with Crippen LogP contribution in [0.5, 0.6) is 5.75 Å². The van der Waals surface area contributed by atoms with Crippen LogP contribution in [0.3, 0.4) is 0 Å². The monoisotopic (exact) mass is 467 g/mol. The second-order valence-electron chi connectivity index (χ2n) is 8.61. The number of carboxylic acid groups (broad SMARTS) is 1. The highest BCUT2D eigenvalue weighted by atomic mass is 32.1. The van der Waals surface area contributed by atoms with Gasteiger partial charge in [-0.2, -0.15) is 0 Å². The zero-order valence-corrected chi connectivity index (χ0v) is 19.0. The second kappa shape index (κ2) is 8.31. The number of methoxy groups -OCH3 is 1. The average Bonchev–Trinajstić information content (AvgIpc) is 3.56. The first-order valence-electron chi connectivity index (χ1n) is 11.0. The summed E-state index contributed by atoms with van der Waals surface area (Å²) >= 11 is 1.69. The van der Waals surface area contributed by atoms with E-state index in [-0.39, 0.29) is 24.1 Å². The lowest BCUT2D eigenvalue weighted by atomic mass is 9.92. The van der Waals surface area contributed by atoms with Gasteiger partial charge in [0.05, 0.1) is 30.6 Å². The molecule has 9 heteroatoms. The van der Waals surface area contributed by atoms with Gasteiger partial charge in [-0.3, -0.25) is 9.59 Å². The van der Waals surface area contributed by atoms with Crippen LogP contribution in [0.1, 0.15) is 64.0 Å². The van der Waals surface area contributed by atoms with Crippen LogP contribution in [0, 0.1) is 0 Å². The molecule has 5 rings (SSSR count). The number of pyridine rings is 1. The van der Waals surface area contributed by atoms with Crippen LogP contribution in [-0.4, -0.2) is 35.6 Å². The summed E-state index contributed by atoms with van der Waals surface area (Å²) in [5.74, 6) is -0.581. The first-order valence-corrected chi connectivity index (χ1v) is 11.9. The molecule has 0 bridgehead atoms. The number of carboxylic acids is 1. The van der Waals surface area contributed by atoms with Gasteiger partial charge in [0.15, 0.2) is 5.75 Å². The van der Waals surface area contributed by atoms with Crippen molar-refractivity contribution in [2.45, 2.75) is 44.1 Å².